The molecule has 6 N–H and O–H groups in total. The Balaban J connectivity index is -0.000000147. The molecule has 0 heterocycles. The quantitative estimate of drug-likeness (QED) is 0.0321. The second-order valence-electron chi connectivity index (χ2n) is 15.6. The molecule has 37 heteroatoms. The third kappa shape index (κ3) is 71.1. The number of aliphatic hydroxyl groups is 6. The minimum atomic E-state index is -1.13. The summed E-state index contributed by atoms with van der Waals surface area (Å²) in [5.74, 6) is -8.59. The summed E-state index contributed by atoms with van der Waals surface area (Å²) in [5.41, 5.74) is -0.911. The van der Waals surface area contributed by atoms with Crippen molar-refractivity contribution < 1.29 is 155 Å². The van der Waals surface area contributed by atoms with Crippen molar-refractivity contribution in [2.75, 3.05) is 112 Å². The fraction of sp³-hybridized carbons (Fsp3) is 0.745. The van der Waals surface area contributed by atoms with E-state index in [4.69, 9.17) is 61.3 Å². The highest BCUT2D eigenvalue weighted by molar-refractivity contribution is 6.94. The highest BCUT2D eigenvalue weighted by Crippen LogP contribution is 2.07. The van der Waals surface area contributed by atoms with Gasteiger partial charge in [0.05, 0.1) is 104 Å². The molecule has 7 unspecified atom stereocenters. The van der Waals surface area contributed by atoms with E-state index in [-0.39, 0.29) is 78.0 Å². The zero-order valence-corrected chi connectivity index (χ0v) is 55.1. The molecule has 0 aliphatic rings. The molecule has 0 spiro atoms. The van der Waals surface area contributed by atoms with Gasteiger partial charge in [0, 0.05) is 11.6 Å². The number of aliphatic hydroxyl groups excluding tert-OH is 6. The zero-order valence-electron chi connectivity index (χ0n) is 51.3. The minimum Gasteiger partial charge on any atom is -0.466 e. The van der Waals surface area contributed by atoms with Gasteiger partial charge in [0.15, 0.2) is 6.10 Å². The first-order valence-electron chi connectivity index (χ1n) is 26.3. The third-order valence-corrected chi connectivity index (χ3v) is 8.41. The lowest BCUT2D eigenvalue weighted by Gasteiger charge is -2.15. The van der Waals surface area contributed by atoms with Gasteiger partial charge in [-0.15, -0.1) is 0 Å². The molecule has 0 aliphatic carbocycles. The first-order chi connectivity index (χ1) is 41.1. The monoisotopic (exact) mass is 1390 g/mol. The van der Waals surface area contributed by atoms with Crippen LogP contribution in [0.3, 0.4) is 0 Å². The van der Waals surface area contributed by atoms with Crippen molar-refractivity contribution in [2.24, 2.45) is 35.5 Å². The Morgan fingerprint density at radius 3 is 0.818 bits per heavy atom. The summed E-state index contributed by atoms with van der Waals surface area (Å²) in [4.78, 5) is 138. The van der Waals surface area contributed by atoms with Crippen LogP contribution in [0.5, 0.6) is 0 Å². The minimum absolute atomic E-state index is 0.0405. The highest BCUT2D eigenvalue weighted by Gasteiger charge is 2.25. The lowest BCUT2D eigenvalue weighted by atomic mass is 10.2. The van der Waals surface area contributed by atoms with E-state index >= 15 is 0 Å². The maximum Gasteiger partial charge on any atom is 0.509 e. The Morgan fingerprint density at radius 2 is 0.557 bits per heavy atom. The van der Waals surface area contributed by atoms with E-state index in [9.17, 15) is 52.7 Å². The van der Waals surface area contributed by atoms with E-state index in [0.717, 1.165) is 0 Å². The first-order valence-corrected chi connectivity index (χ1v) is 28.2. The van der Waals surface area contributed by atoms with Gasteiger partial charge in [-0.25, -0.2) is 24.0 Å². The van der Waals surface area contributed by atoms with Gasteiger partial charge < -0.3 is 92.2 Å². The first kappa shape index (κ1) is 98.6. The maximum absolute atomic E-state index is 11.4. The summed E-state index contributed by atoms with van der Waals surface area (Å²) >= 11 is 22.5. The van der Waals surface area contributed by atoms with E-state index in [1.165, 1.54) is 13.8 Å². The van der Waals surface area contributed by atoms with Crippen molar-refractivity contribution in [1.82, 2.24) is 0 Å². The Bertz CT molecular complexity index is 1860. The zero-order chi connectivity index (χ0) is 70.3. The van der Waals surface area contributed by atoms with Crippen molar-refractivity contribution in [2.45, 2.75) is 102 Å². The van der Waals surface area contributed by atoms with Crippen LogP contribution in [0.1, 0.15) is 90.0 Å². The molecule has 0 aromatic carbocycles. The van der Waals surface area contributed by atoms with E-state index in [1.807, 2.05) is 0 Å². The third-order valence-electron chi connectivity index (χ3n) is 8.30. The van der Waals surface area contributed by atoms with E-state index in [0.29, 0.717) is 19.8 Å². The topological polar surface area (TPSA) is 463 Å². The van der Waals surface area contributed by atoms with Crippen molar-refractivity contribution in [1.29, 1.82) is 0 Å². The number of carbonyl (C=O) groups excluding carboxylic acids is 13. The van der Waals surface area contributed by atoms with E-state index in [2.05, 4.69) is 98.5 Å². The molecular formula is C51H87Cl5O32. The molecule has 88 heavy (non-hydrogen) atoms. The van der Waals surface area contributed by atoms with Crippen LogP contribution in [0, 0.1) is 35.5 Å². The maximum atomic E-state index is 11.4. The lowest BCUT2D eigenvalue weighted by Crippen LogP contribution is -2.30. The SMILES string of the molecule is CCOC(=O)C(C)CO.CCOC(=O)C(C)COC(=O)Cl.CCOC(=O)C(C)COC(=O)OC(C)C(=O)OCC.CCOC(=O)C(C)O.CCOC(=O)C(CO)CO.CCOC(=O)C(CO)COC(=O)OCC(CO)C(=O)OCC.O=C(Cl)Cl.O=C(Cl)Cl. The Labute approximate surface area is 535 Å². The summed E-state index contributed by atoms with van der Waals surface area (Å²) in [6.07, 6.45) is -4.21. The second-order valence-corrected chi connectivity index (χ2v) is 17.7. The van der Waals surface area contributed by atoms with Gasteiger partial charge in [0.25, 0.3) is 0 Å². The average molecular weight is 1390 g/mol. The van der Waals surface area contributed by atoms with Crippen LogP contribution in [0.15, 0.2) is 0 Å². The van der Waals surface area contributed by atoms with Crippen LogP contribution >= 0.6 is 58.0 Å². The Kier molecular flexibility index (Phi) is 77.1. The lowest BCUT2D eigenvalue weighted by molar-refractivity contribution is -0.155. The smallest absolute Gasteiger partial charge is 0.466 e. The van der Waals surface area contributed by atoms with Crippen molar-refractivity contribution in [3.8, 4) is 0 Å². The van der Waals surface area contributed by atoms with Gasteiger partial charge in [0.1, 0.15) is 50.3 Å². The van der Waals surface area contributed by atoms with Crippen LogP contribution in [-0.2, 0) is 99.9 Å². The van der Waals surface area contributed by atoms with Crippen LogP contribution in [0.25, 0.3) is 0 Å². The largest absolute Gasteiger partial charge is 0.509 e. The Hall–Kier alpha value is -5.68. The molecular weight excluding hydrogens is 1300 g/mol. The van der Waals surface area contributed by atoms with Gasteiger partial charge in [-0.1, -0.05) is 0 Å². The number of rotatable bonds is 30. The highest BCUT2D eigenvalue weighted by atomic mass is 35.5. The van der Waals surface area contributed by atoms with E-state index in [1.54, 1.807) is 76.2 Å². The fourth-order valence-electron chi connectivity index (χ4n) is 3.95. The van der Waals surface area contributed by atoms with E-state index < -0.39 is 137 Å². The van der Waals surface area contributed by atoms with Gasteiger partial charge in [-0.2, -0.15) is 0 Å². The van der Waals surface area contributed by atoms with Crippen LogP contribution in [-0.4, -0.2) is 230 Å². The second kappa shape index (κ2) is 68.8. The molecule has 0 aliphatic heterocycles. The predicted octanol–water partition coefficient (Wildman–Crippen LogP) is 4.76. The summed E-state index contributed by atoms with van der Waals surface area (Å²) in [6.45, 7) is 19.9. The standard InChI is InChI=1S/C13H22O9.C12H20O7.C7H11ClO4.C6H12O4.C6H12O3.C5H10O3.2CCl2O/c1-3-19-11(16)9(5-14)7-21-13(18)22-8-10(6-15)12(17)20-4-2;1-5-16-10(13)8(3)7-18-12(15)19-9(4)11(14)17-6-2;1-3-11-6(9)5(2)4-12-7(8)10;1-2-10-6(9)5(3-7)4-8;1-3-9-6(8)5(2)4-7;1-3-8-5(7)4(2)6;2*2-1(3)4/h9-10,14-15H,3-8H2,1-2H3;8-9H,5-7H2,1-4H3;5H,3-4H2,1-2H3;5,7-8H,2-4H2,1H3;5,7H,3-4H2,1-2H3;4,6H,3H2,1-2H3;;. The summed E-state index contributed by atoms with van der Waals surface area (Å²) in [5, 5.41) is 51.8. The van der Waals surface area contributed by atoms with Gasteiger partial charge >= 0.3 is 74.9 Å². The molecule has 0 rings (SSSR count). The Morgan fingerprint density at radius 1 is 0.307 bits per heavy atom. The number of esters is 8. The van der Waals surface area contributed by atoms with Crippen LogP contribution in [0.4, 0.5) is 24.0 Å². The number of hydrogen-bond donors (Lipinski definition) is 6. The predicted molar refractivity (Wildman–Crippen MR) is 309 cm³/mol. The number of halogens is 5. The molecule has 0 aromatic heterocycles. The summed E-state index contributed by atoms with van der Waals surface area (Å²) in [7, 11) is 0. The molecule has 0 radical (unpaired) electrons. The number of ether oxygens (including phenoxy) is 13. The van der Waals surface area contributed by atoms with Gasteiger partial charge in [0.2, 0.25) is 0 Å². The summed E-state index contributed by atoms with van der Waals surface area (Å²) in [6, 6.07) is 0. The molecule has 518 valence electrons. The average Bonchev–Trinajstić information content (AvgIpc) is 3.59. The van der Waals surface area contributed by atoms with Crippen molar-refractivity contribution in [3.63, 3.8) is 0 Å². The summed E-state index contributed by atoms with van der Waals surface area (Å²) < 4.78 is 58.2. The van der Waals surface area contributed by atoms with Crippen LogP contribution in [0.2, 0.25) is 0 Å². The molecule has 7 atom stereocenters. The fourth-order valence-corrected chi connectivity index (χ4v) is 4.02. The van der Waals surface area contributed by atoms with Crippen molar-refractivity contribution >= 4 is 133 Å². The molecule has 0 amide bonds. The van der Waals surface area contributed by atoms with Crippen molar-refractivity contribution in [3.05, 3.63) is 0 Å². The molecule has 0 saturated carbocycles. The molecule has 32 nitrogen and oxygen atoms in total. The molecule has 0 saturated heterocycles. The number of carbonyl (C=O) groups is 13. The van der Waals surface area contributed by atoms with Gasteiger partial charge in [-0.3, -0.25) is 38.4 Å². The molecule has 0 aromatic rings. The van der Waals surface area contributed by atoms with Gasteiger partial charge in [-0.05, 0) is 136 Å². The normalized spacial score (nSPS) is 11.9. The number of hydrogen-bond acceptors (Lipinski definition) is 32. The molecule has 0 fully saturated rings. The van der Waals surface area contributed by atoms with Crippen LogP contribution < -0.4 is 0 Å². The molecule has 0 bridgehead atoms.